The Morgan fingerprint density at radius 1 is 1.19 bits per heavy atom. The summed E-state index contributed by atoms with van der Waals surface area (Å²) in [6, 6.07) is 1.94. The maximum absolute atomic E-state index is 4.38. The van der Waals surface area contributed by atoms with Gasteiger partial charge in [-0.1, -0.05) is 0 Å². The minimum Gasteiger partial charge on any atom is -0.364 e. The molecule has 0 amide bonds. The molecule has 0 atom stereocenters. The number of rotatable bonds is 3. The van der Waals surface area contributed by atoms with Gasteiger partial charge in [0.1, 0.15) is 11.6 Å². The molecule has 0 bridgehead atoms. The van der Waals surface area contributed by atoms with Crippen molar-refractivity contribution in [2.45, 2.75) is 27.3 Å². The fourth-order valence-electron chi connectivity index (χ4n) is 1.48. The molecule has 0 aromatic carbocycles. The third-order valence-corrected chi connectivity index (χ3v) is 2.91. The minimum atomic E-state index is 0.709. The first-order valence-electron chi connectivity index (χ1n) is 5.10. The molecule has 0 aliphatic carbocycles. The van der Waals surface area contributed by atoms with Crippen LogP contribution < -0.4 is 5.32 Å². The predicted molar refractivity (Wildman–Crippen MR) is 65.7 cm³/mol. The van der Waals surface area contributed by atoms with Crippen LogP contribution in [0.5, 0.6) is 0 Å². The first-order chi connectivity index (χ1) is 7.63. The summed E-state index contributed by atoms with van der Waals surface area (Å²) >= 11 is 1.66. The van der Waals surface area contributed by atoms with Crippen molar-refractivity contribution in [2.75, 3.05) is 5.32 Å². The Bertz CT molecular complexity index is 472. The molecule has 2 aromatic rings. The van der Waals surface area contributed by atoms with E-state index < -0.39 is 0 Å². The second-order valence-electron chi connectivity index (χ2n) is 3.65. The highest BCUT2D eigenvalue weighted by Gasteiger charge is 2.01. The summed E-state index contributed by atoms with van der Waals surface area (Å²) in [6.07, 6.45) is 0. The molecule has 1 N–H and O–H groups in total. The Labute approximate surface area is 98.8 Å². The molecule has 0 aliphatic heterocycles. The zero-order chi connectivity index (χ0) is 11.5. The summed E-state index contributed by atoms with van der Waals surface area (Å²) in [5.74, 6) is 1.65. The van der Waals surface area contributed by atoms with Crippen LogP contribution in [0.3, 0.4) is 0 Å². The van der Waals surface area contributed by atoms with Gasteiger partial charge in [-0.2, -0.15) is 0 Å². The van der Waals surface area contributed by atoms with Crippen LogP contribution in [-0.4, -0.2) is 15.0 Å². The van der Waals surface area contributed by atoms with Crippen LogP contribution in [0.1, 0.15) is 22.2 Å². The first kappa shape index (κ1) is 11.0. The predicted octanol–water partition coefficient (Wildman–Crippen LogP) is 2.47. The van der Waals surface area contributed by atoms with Gasteiger partial charge in [-0.15, -0.1) is 11.3 Å². The van der Waals surface area contributed by atoms with Crippen LogP contribution in [-0.2, 0) is 6.54 Å². The van der Waals surface area contributed by atoms with Gasteiger partial charge in [0.05, 0.1) is 17.2 Å². The van der Waals surface area contributed by atoms with E-state index in [9.17, 15) is 0 Å². The molecule has 2 rings (SSSR count). The minimum absolute atomic E-state index is 0.709. The molecule has 2 aromatic heterocycles. The molecule has 0 fully saturated rings. The first-order valence-corrected chi connectivity index (χ1v) is 5.98. The molecule has 0 aliphatic rings. The number of aromatic nitrogens is 3. The summed E-state index contributed by atoms with van der Waals surface area (Å²) in [7, 11) is 0. The van der Waals surface area contributed by atoms with E-state index >= 15 is 0 Å². The van der Waals surface area contributed by atoms with Gasteiger partial charge < -0.3 is 5.32 Å². The average Bonchev–Trinajstić information content (AvgIpc) is 2.60. The molecule has 0 radical (unpaired) electrons. The largest absolute Gasteiger partial charge is 0.364 e. The van der Waals surface area contributed by atoms with Crippen molar-refractivity contribution >= 4 is 17.2 Å². The lowest BCUT2D eigenvalue weighted by Crippen LogP contribution is -2.04. The number of nitrogens with zero attached hydrogens (tertiary/aromatic N) is 3. The van der Waals surface area contributed by atoms with E-state index in [-0.39, 0.29) is 0 Å². The molecule has 4 nitrogen and oxygen atoms in total. The zero-order valence-electron chi connectivity index (χ0n) is 9.61. The number of hydrogen-bond acceptors (Lipinski definition) is 5. The van der Waals surface area contributed by atoms with Crippen molar-refractivity contribution in [3.8, 4) is 0 Å². The van der Waals surface area contributed by atoms with Crippen molar-refractivity contribution in [2.24, 2.45) is 0 Å². The van der Waals surface area contributed by atoms with E-state index in [0.29, 0.717) is 6.54 Å². The van der Waals surface area contributed by atoms with Crippen LogP contribution in [0.4, 0.5) is 5.82 Å². The van der Waals surface area contributed by atoms with Gasteiger partial charge in [0.15, 0.2) is 0 Å². The van der Waals surface area contributed by atoms with Crippen molar-refractivity contribution in [3.63, 3.8) is 0 Å². The summed E-state index contributed by atoms with van der Waals surface area (Å²) in [6.45, 7) is 6.57. The molecular formula is C11H14N4S. The molecule has 0 unspecified atom stereocenters. The van der Waals surface area contributed by atoms with Crippen molar-refractivity contribution in [1.82, 2.24) is 15.0 Å². The molecule has 16 heavy (non-hydrogen) atoms. The van der Waals surface area contributed by atoms with Crippen molar-refractivity contribution in [1.29, 1.82) is 0 Å². The number of thiazole rings is 1. The Morgan fingerprint density at radius 2 is 2.00 bits per heavy atom. The van der Waals surface area contributed by atoms with E-state index in [1.165, 1.54) is 0 Å². The second kappa shape index (κ2) is 4.57. The van der Waals surface area contributed by atoms with Gasteiger partial charge in [0, 0.05) is 17.1 Å². The third-order valence-electron chi connectivity index (χ3n) is 2.08. The SMILES string of the molecule is Cc1cc(NCc2csc(C)n2)nc(C)n1. The number of nitrogens with one attached hydrogen (secondary N) is 1. The lowest BCUT2D eigenvalue weighted by Gasteiger charge is -2.05. The number of hydrogen-bond donors (Lipinski definition) is 1. The summed E-state index contributed by atoms with van der Waals surface area (Å²) in [5.41, 5.74) is 2.03. The normalized spacial score (nSPS) is 10.4. The quantitative estimate of drug-likeness (QED) is 0.886. The fourth-order valence-corrected chi connectivity index (χ4v) is 2.09. The van der Waals surface area contributed by atoms with Crippen LogP contribution in [0.2, 0.25) is 0 Å². The summed E-state index contributed by atoms with van der Waals surface area (Å²) in [4.78, 5) is 12.9. The highest BCUT2D eigenvalue weighted by Crippen LogP contribution is 2.11. The molecule has 84 valence electrons. The lowest BCUT2D eigenvalue weighted by molar-refractivity contribution is 0.978. The van der Waals surface area contributed by atoms with E-state index in [1.54, 1.807) is 11.3 Å². The standard InChI is InChI=1S/C11H14N4S/c1-7-4-11(14-8(2)13-7)12-5-10-6-16-9(3)15-10/h4,6H,5H2,1-3H3,(H,12,13,14). The smallest absolute Gasteiger partial charge is 0.130 e. The lowest BCUT2D eigenvalue weighted by atomic mass is 10.4. The van der Waals surface area contributed by atoms with Crippen LogP contribution in [0.15, 0.2) is 11.4 Å². The molecule has 5 heteroatoms. The number of anilines is 1. The highest BCUT2D eigenvalue weighted by atomic mass is 32.1. The molecule has 0 saturated heterocycles. The van der Waals surface area contributed by atoms with Gasteiger partial charge in [0.2, 0.25) is 0 Å². The Balaban J connectivity index is 2.04. The van der Waals surface area contributed by atoms with Gasteiger partial charge in [-0.25, -0.2) is 15.0 Å². The second-order valence-corrected chi connectivity index (χ2v) is 4.72. The van der Waals surface area contributed by atoms with Gasteiger partial charge in [-0.3, -0.25) is 0 Å². The summed E-state index contributed by atoms with van der Waals surface area (Å²) < 4.78 is 0. The number of aryl methyl sites for hydroxylation is 3. The van der Waals surface area contributed by atoms with Gasteiger partial charge in [0.25, 0.3) is 0 Å². The van der Waals surface area contributed by atoms with Crippen LogP contribution >= 0.6 is 11.3 Å². The van der Waals surface area contributed by atoms with E-state index in [4.69, 9.17) is 0 Å². The molecular weight excluding hydrogens is 220 g/mol. The van der Waals surface area contributed by atoms with Crippen molar-refractivity contribution in [3.05, 3.63) is 33.7 Å². The topological polar surface area (TPSA) is 50.7 Å². The molecule has 2 heterocycles. The maximum Gasteiger partial charge on any atom is 0.130 e. The van der Waals surface area contributed by atoms with Crippen LogP contribution in [0, 0.1) is 20.8 Å². The van der Waals surface area contributed by atoms with Crippen molar-refractivity contribution < 1.29 is 0 Å². The van der Waals surface area contributed by atoms with E-state index in [0.717, 1.165) is 28.0 Å². The summed E-state index contributed by atoms with van der Waals surface area (Å²) in [5, 5.41) is 6.40. The Morgan fingerprint density at radius 3 is 2.62 bits per heavy atom. The zero-order valence-corrected chi connectivity index (χ0v) is 10.4. The third kappa shape index (κ3) is 2.76. The van der Waals surface area contributed by atoms with Crippen LogP contribution in [0.25, 0.3) is 0 Å². The fraction of sp³-hybridized carbons (Fsp3) is 0.364. The maximum atomic E-state index is 4.38. The average molecular weight is 234 g/mol. The highest BCUT2D eigenvalue weighted by molar-refractivity contribution is 7.09. The monoisotopic (exact) mass is 234 g/mol. The Hall–Kier alpha value is -1.49. The van der Waals surface area contributed by atoms with Gasteiger partial charge >= 0.3 is 0 Å². The molecule has 0 spiro atoms. The van der Waals surface area contributed by atoms with Gasteiger partial charge in [-0.05, 0) is 20.8 Å². The Kier molecular flexibility index (Phi) is 3.14. The molecule has 0 saturated carbocycles. The van der Waals surface area contributed by atoms with E-state index in [2.05, 4.69) is 25.6 Å². The van der Waals surface area contributed by atoms with E-state index in [1.807, 2.05) is 26.8 Å².